The highest BCUT2D eigenvalue weighted by atomic mass is 79.9. The van der Waals surface area contributed by atoms with E-state index in [4.69, 9.17) is 5.73 Å². The minimum Gasteiger partial charge on any atom is -0.396 e. The summed E-state index contributed by atoms with van der Waals surface area (Å²) in [6, 6.07) is 9.95. The molecule has 0 radical (unpaired) electrons. The van der Waals surface area contributed by atoms with Crippen LogP contribution in [0.5, 0.6) is 0 Å². The third kappa shape index (κ3) is 1.95. The van der Waals surface area contributed by atoms with Gasteiger partial charge in [0.05, 0.1) is 17.6 Å². The third-order valence-corrected chi connectivity index (χ3v) is 3.99. The fourth-order valence-electron chi connectivity index (χ4n) is 1.77. The number of benzene rings is 1. The van der Waals surface area contributed by atoms with Crippen LogP contribution in [0.4, 0.5) is 5.69 Å². The van der Waals surface area contributed by atoms with Gasteiger partial charge in [-0.3, -0.25) is 0 Å². The molecule has 5 heteroatoms. The first kappa shape index (κ1) is 11.5. The normalized spacial score (nSPS) is 10.7. The zero-order valence-corrected chi connectivity index (χ0v) is 11.8. The Morgan fingerprint density at radius 3 is 2.78 bits per heavy atom. The number of thiophene rings is 1. The first-order valence-corrected chi connectivity index (χ1v) is 7.12. The molecule has 0 aliphatic heterocycles. The molecule has 0 atom stereocenters. The number of aromatic nitrogens is 2. The lowest BCUT2D eigenvalue weighted by molar-refractivity contribution is 0.880. The van der Waals surface area contributed by atoms with Crippen molar-refractivity contribution >= 4 is 33.0 Å². The molecule has 2 aromatic heterocycles. The molecular weight excluding hydrogens is 310 g/mol. The van der Waals surface area contributed by atoms with Crippen molar-refractivity contribution < 1.29 is 0 Å². The lowest BCUT2D eigenvalue weighted by Gasteiger charge is -2.02. The summed E-state index contributed by atoms with van der Waals surface area (Å²) in [5.74, 6) is 0. The maximum absolute atomic E-state index is 6.03. The molecule has 3 aromatic rings. The van der Waals surface area contributed by atoms with Gasteiger partial charge in [0.25, 0.3) is 0 Å². The van der Waals surface area contributed by atoms with Gasteiger partial charge >= 0.3 is 0 Å². The van der Waals surface area contributed by atoms with Crippen LogP contribution >= 0.6 is 27.3 Å². The number of hydrogen-bond acceptors (Lipinski definition) is 3. The molecule has 90 valence electrons. The SMILES string of the molecule is Nc1cn(-c2ccccc2Br)nc1-c1ccsc1. The largest absolute Gasteiger partial charge is 0.396 e. The number of anilines is 1. The molecule has 0 bridgehead atoms. The molecule has 0 aliphatic carbocycles. The number of rotatable bonds is 2. The summed E-state index contributed by atoms with van der Waals surface area (Å²) >= 11 is 5.15. The standard InChI is InChI=1S/C13H10BrN3S/c14-10-3-1-2-4-12(10)17-7-11(15)13(16-17)9-5-6-18-8-9/h1-8H,15H2. The molecule has 0 amide bonds. The van der Waals surface area contributed by atoms with E-state index in [2.05, 4.69) is 21.0 Å². The molecule has 3 rings (SSSR count). The van der Waals surface area contributed by atoms with Crippen LogP contribution < -0.4 is 5.73 Å². The van der Waals surface area contributed by atoms with Crippen LogP contribution in [0.1, 0.15) is 0 Å². The molecular formula is C13H10BrN3S. The van der Waals surface area contributed by atoms with Crippen molar-refractivity contribution in [1.29, 1.82) is 0 Å². The van der Waals surface area contributed by atoms with E-state index in [9.17, 15) is 0 Å². The Balaban J connectivity index is 2.11. The van der Waals surface area contributed by atoms with Crippen LogP contribution in [0.25, 0.3) is 16.9 Å². The van der Waals surface area contributed by atoms with Gasteiger partial charge in [-0.15, -0.1) is 0 Å². The predicted octanol–water partition coefficient (Wildman–Crippen LogP) is 3.95. The molecule has 18 heavy (non-hydrogen) atoms. The predicted molar refractivity (Wildman–Crippen MR) is 79.0 cm³/mol. The Labute approximate surface area is 117 Å². The van der Waals surface area contributed by atoms with E-state index in [0.717, 1.165) is 21.4 Å². The summed E-state index contributed by atoms with van der Waals surface area (Å²) in [4.78, 5) is 0. The van der Waals surface area contributed by atoms with Gasteiger partial charge in [0.15, 0.2) is 0 Å². The molecule has 1 aromatic carbocycles. The minimum atomic E-state index is 0.684. The summed E-state index contributed by atoms with van der Waals surface area (Å²) < 4.78 is 2.79. The summed E-state index contributed by atoms with van der Waals surface area (Å²) in [6.45, 7) is 0. The van der Waals surface area contributed by atoms with E-state index in [1.807, 2.05) is 47.3 Å². The third-order valence-electron chi connectivity index (χ3n) is 2.64. The highest BCUT2D eigenvalue weighted by Gasteiger charge is 2.11. The van der Waals surface area contributed by atoms with Gasteiger partial charge in [0, 0.05) is 15.4 Å². The van der Waals surface area contributed by atoms with E-state index < -0.39 is 0 Å². The number of halogens is 1. The molecule has 0 unspecified atom stereocenters. The van der Waals surface area contributed by atoms with Gasteiger partial charge in [-0.2, -0.15) is 16.4 Å². The van der Waals surface area contributed by atoms with Crippen molar-refractivity contribution in [3.63, 3.8) is 0 Å². The molecule has 0 saturated carbocycles. The number of nitrogens with two attached hydrogens (primary N) is 1. The van der Waals surface area contributed by atoms with E-state index in [1.54, 1.807) is 16.0 Å². The van der Waals surface area contributed by atoms with Crippen molar-refractivity contribution in [2.24, 2.45) is 0 Å². The first-order valence-electron chi connectivity index (χ1n) is 5.38. The number of nitrogen functional groups attached to an aromatic ring is 1. The number of para-hydroxylation sites is 1. The molecule has 2 N–H and O–H groups in total. The van der Waals surface area contributed by atoms with Gasteiger partial charge in [-0.05, 0) is 39.5 Å². The molecule has 0 spiro atoms. The Bertz CT molecular complexity index is 673. The van der Waals surface area contributed by atoms with Crippen molar-refractivity contribution in [3.8, 4) is 16.9 Å². The van der Waals surface area contributed by atoms with E-state index in [0.29, 0.717) is 5.69 Å². The lowest BCUT2D eigenvalue weighted by atomic mass is 10.2. The number of hydrogen-bond donors (Lipinski definition) is 1. The van der Waals surface area contributed by atoms with Gasteiger partial charge in [0.2, 0.25) is 0 Å². The fourth-order valence-corrected chi connectivity index (χ4v) is 2.88. The maximum Gasteiger partial charge on any atom is 0.116 e. The zero-order valence-electron chi connectivity index (χ0n) is 9.38. The Hall–Kier alpha value is -1.59. The highest BCUT2D eigenvalue weighted by Crippen LogP contribution is 2.28. The second kappa shape index (κ2) is 4.59. The summed E-state index contributed by atoms with van der Waals surface area (Å²) in [5.41, 5.74) is 9.57. The van der Waals surface area contributed by atoms with E-state index in [1.165, 1.54) is 0 Å². The highest BCUT2D eigenvalue weighted by molar-refractivity contribution is 9.10. The van der Waals surface area contributed by atoms with Crippen LogP contribution in [-0.2, 0) is 0 Å². The van der Waals surface area contributed by atoms with Crippen LogP contribution in [0.3, 0.4) is 0 Å². The molecule has 0 fully saturated rings. The summed E-state index contributed by atoms with van der Waals surface area (Å²) in [5, 5.41) is 8.62. The number of nitrogens with zero attached hydrogens (tertiary/aromatic N) is 2. The average molecular weight is 320 g/mol. The minimum absolute atomic E-state index is 0.684. The van der Waals surface area contributed by atoms with E-state index in [-0.39, 0.29) is 0 Å². The van der Waals surface area contributed by atoms with Crippen molar-refractivity contribution in [2.75, 3.05) is 5.73 Å². The molecule has 0 aliphatic rings. The summed E-state index contributed by atoms with van der Waals surface area (Å²) in [7, 11) is 0. The average Bonchev–Trinajstić information content (AvgIpc) is 2.98. The first-order chi connectivity index (χ1) is 8.75. The van der Waals surface area contributed by atoms with Crippen LogP contribution in [0.2, 0.25) is 0 Å². The topological polar surface area (TPSA) is 43.8 Å². The van der Waals surface area contributed by atoms with Gasteiger partial charge in [-0.1, -0.05) is 12.1 Å². The Morgan fingerprint density at radius 2 is 2.06 bits per heavy atom. The van der Waals surface area contributed by atoms with Crippen molar-refractivity contribution in [3.05, 3.63) is 51.8 Å². The van der Waals surface area contributed by atoms with Gasteiger partial charge in [-0.25, -0.2) is 4.68 Å². The fraction of sp³-hybridized carbons (Fsp3) is 0. The van der Waals surface area contributed by atoms with Crippen LogP contribution in [-0.4, -0.2) is 9.78 Å². The lowest BCUT2D eigenvalue weighted by Crippen LogP contribution is -1.95. The molecule has 3 nitrogen and oxygen atoms in total. The Kier molecular flexibility index (Phi) is 2.93. The van der Waals surface area contributed by atoms with Crippen LogP contribution in [0.15, 0.2) is 51.8 Å². The maximum atomic E-state index is 6.03. The Morgan fingerprint density at radius 1 is 1.22 bits per heavy atom. The zero-order chi connectivity index (χ0) is 12.5. The smallest absolute Gasteiger partial charge is 0.116 e. The van der Waals surface area contributed by atoms with Gasteiger partial charge < -0.3 is 5.73 Å². The van der Waals surface area contributed by atoms with E-state index >= 15 is 0 Å². The second-order valence-electron chi connectivity index (χ2n) is 3.84. The second-order valence-corrected chi connectivity index (χ2v) is 5.48. The monoisotopic (exact) mass is 319 g/mol. The molecule has 2 heterocycles. The quantitative estimate of drug-likeness (QED) is 0.777. The van der Waals surface area contributed by atoms with Gasteiger partial charge in [0.1, 0.15) is 5.69 Å². The van der Waals surface area contributed by atoms with Crippen molar-refractivity contribution in [2.45, 2.75) is 0 Å². The summed E-state index contributed by atoms with van der Waals surface area (Å²) in [6.07, 6.45) is 1.84. The van der Waals surface area contributed by atoms with Crippen LogP contribution in [0, 0.1) is 0 Å². The molecule has 0 saturated heterocycles. The van der Waals surface area contributed by atoms with Crippen molar-refractivity contribution in [1.82, 2.24) is 9.78 Å².